The standard InChI is InChI=1S/C11H12BrN3OS2/c12-9-2-1-8(18-9)7-15-10(3-5-13-15)14-11(16)4-6-17/h1-3,5,17H,4,6-7H2,(H,14,16). The Morgan fingerprint density at radius 1 is 1.50 bits per heavy atom. The molecule has 2 aromatic heterocycles. The third kappa shape index (κ3) is 3.60. The lowest BCUT2D eigenvalue weighted by Crippen LogP contribution is -2.15. The zero-order chi connectivity index (χ0) is 13.0. The van der Waals surface area contributed by atoms with Crippen LogP contribution in [0.5, 0.6) is 0 Å². The number of amides is 1. The van der Waals surface area contributed by atoms with Crippen molar-refractivity contribution < 1.29 is 4.79 Å². The summed E-state index contributed by atoms with van der Waals surface area (Å²) in [4.78, 5) is 12.7. The number of carbonyl (C=O) groups excluding carboxylic acids is 1. The van der Waals surface area contributed by atoms with E-state index < -0.39 is 0 Å². The second kappa shape index (κ2) is 6.40. The molecule has 2 aromatic rings. The highest BCUT2D eigenvalue weighted by Gasteiger charge is 2.08. The number of hydrogen-bond acceptors (Lipinski definition) is 4. The third-order valence-corrected chi connectivity index (χ3v) is 4.09. The molecule has 0 saturated heterocycles. The molecule has 0 fully saturated rings. The van der Waals surface area contributed by atoms with E-state index in [4.69, 9.17) is 0 Å². The highest BCUT2D eigenvalue weighted by atomic mass is 79.9. The Bertz CT molecular complexity index is 538. The molecule has 1 amide bonds. The summed E-state index contributed by atoms with van der Waals surface area (Å²) >= 11 is 9.11. The van der Waals surface area contributed by atoms with Gasteiger partial charge in [-0.1, -0.05) is 0 Å². The van der Waals surface area contributed by atoms with Crippen LogP contribution in [0.15, 0.2) is 28.2 Å². The SMILES string of the molecule is O=C(CCS)Nc1ccnn1Cc1ccc(Br)s1. The molecule has 0 bridgehead atoms. The number of carbonyl (C=O) groups is 1. The van der Waals surface area contributed by atoms with Gasteiger partial charge in [0.05, 0.1) is 16.5 Å². The van der Waals surface area contributed by atoms with E-state index in [9.17, 15) is 4.79 Å². The van der Waals surface area contributed by atoms with Crippen LogP contribution in [-0.2, 0) is 11.3 Å². The lowest BCUT2D eigenvalue weighted by molar-refractivity contribution is -0.115. The summed E-state index contributed by atoms with van der Waals surface area (Å²) in [5.74, 6) is 1.21. The van der Waals surface area contributed by atoms with E-state index in [0.29, 0.717) is 24.5 Å². The lowest BCUT2D eigenvalue weighted by Gasteiger charge is -2.07. The molecule has 0 aliphatic heterocycles. The maximum Gasteiger partial charge on any atom is 0.226 e. The van der Waals surface area contributed by atoms with Crippen LogP contribution in [-0.4, -0.2) is 21.4 Å². The van der Waals surface area contributed by atoms with E-state index in [2.05, 4.69) is 39.0 Å². The molecular formula is C11H12BrN3OS2. The Kier molecular flexibility index (Phi) is 4.85. The van der Waals surface area contributed by atoms with Gasteiger partial charge >= 0.3 is 0 Å². The molecule has 0 radical (unpaired) electrons. The van der Waals surface area contributed by atoms with E-state index in [1.54, 1.807) is 28.3 Å². The van der Waals surface area contributed by atoms with Crippen molar-refractivity contribution in [1.29, 1.82) is 0 Å². The number of thiophene rings is 1. The molecule has 2 rings (SSSR count). The number of aromatic nitrogens is 2. The van der Waals surface area contributed by atoms with Gasteiger partial charge in [-0.2, -0.15) is 17.7 Å². The molecule has 0 aromatic carbocycles. The number of halogens is 1. The van der Waals surface area contributed by atoms with Gasteiger partial charge in [0.15, 0.2) is 0 Å². The summed E-state index contributed by atoms with van der Waals surface area (Å²) in [6.07, 6.45) is 2.08. The molecule has 4 nitrogen and oxygen atoms in total. The molecule has 1 N–H and O–H groups in total. The van der Waals surface area contributed by atoms with E-state index in [0.717, 1.165) is 3.79 Å². The maximum absolute atomic E-state index is 11.5. The van der Waals surface area contributed by atoms with E-state index in [1.165, 1.54) is 4.88 Å². The molecule has 0 unspecified atom stereocenters. The average molecular weight is 346 g/mol. The average Bonchev–Trinajstić information content (AvgIpc) is 2.90. The molecule has 2 heterocycles. The van der Waals surface area contributed by atoms with E-state index >= 15 is 0 Å². The summed E-state index contributed by atoms with van der Waals surface area (Å²) in [7, 11) is 0. The van der Waals surface area contributed by atoms with Crippen molar-refractivity contribution in [2.24, 2.45) is 0 Å². The van der Waals surface area contributed by atoms with Crippen LogP contribution in [0.25, 0.3) is 0 Å². The first-order valence-corrected chi connectivity index (χ1v) is 7.60. The number of thiol groups is 1. The highest BCUT2D eigenvalue weighted by Crippen LogP contribution is 2.23. The zero-order valence-corrected chi connectivity index (χ0v) is 12.8. The van der Waals surface area contributed by atoms with Gasteiger partial charge in [-0.05, 0) is 33.8 Å². The molecule has 18 heavy (non-hydrogen) atoms. The summed E-state index contributed by atoms with van der Waals surface area (Å²) in [6, 6.07) is 5.83. The highest BCUT2D eigenvalue weighted by molar-refractivity contribution is 9.11. The Morgan fingerprint density at radius 2 is 2.33 bits per heavy atom. The first-order valence-electron chi connectivity index (χ1n) is 5.36. The van der Waals surface area contributed by atoms with Gasteiger partial charge in [-0.3, -0.25) is 4.79 Å². The van der Waals surface area contributed by atoms with Crippen molar-refractivity contribution in [3.8, 4) is 0 Å². The van der Waals surface area contributed by atoms with Crippen LogP contribution in [0.3, 0.4) is 0 Å². The monoisotopic (exact) mass is 345 g/mol. The van der Waals surface area contributed by atoms with Gasteiger partial charge in [0.2, 0.25) is 5.91 Å². The predicted molar refractivity (Wildman–Crippen MR) is 80.4 cm³/mol. The number of rotatable bonds is 5. The van der Waals surface area contributed by atoms with Crippen LogP contribution in [0.4, 0.5) is 5.82 Å². The second-order valence-electron chi connectivity index (χ2n) is 3.60. The number of nitrogens with zero attached hydrogens (tertiary/aromatic N) is 2. The number of anilines is 1. The minimum absolute atomic E-state index is 0.0425. The van der Waals surface area contributed by atoms with Crippen LogP contribution in [0, 0.1) is 0 Å². The van der Waals surface area contributed by atoms with Crippen molar-refractivity contribution in [3.63, 3.8) is 0 Å². The van der Waals surface area contributed by atoms with Gasteiger partial charge in [-0.15, -0.1) is 11.3 Å². The Balaban J connectivity index is 2.05. The minimum Gasteiger partial charge on any atom is -0.311 e. The quantitative estimate of drug-likeness (QED) is 0.818. The fourth-order valence-electron chi connectivity index (χ4n) is 1.46. The van der Waals surface area contributed by atoms with Gasteiger partial charge in [-0.25, -0.2) is 4.68 Å². The Labute approximate surface area is 123 Å². The third-order valence-electron chi connectivity index (χ3n) is 2.26. The van der Waals surface area contributed by atoms with E-state index in [1.807, 2.05) is 12.1 Å². The van der Waals surface area contributed by atoms with Gasteiger partial charge in [0.1, 0.15) is 5.82 Å². The first kappa shape index (κ1) is 13.6. The summed E-state index contributed by atoms with van der Waals surface area (Å²) < 4.78 is 2.86. The number of hydrogen-bond donors (Lipinski definition) is 2. The zero-order valence-electron chi connectivity index (χ0n) is 9.47. The van der Waals surface area contributed by atoms with Gasteiger partial charge < -0.3 is 5.32 Å². The van der Waals surface area contributed by atoms with Gasteiger partial charge in [0, 0.05) is 17.4 Å². The molecule has 0 aliphatic rings. The van der Waals surface area contributed by atoms with Crippen molar-refractivity contribution in [3.05, 3.63) is 33.1 Å². The lowest BCUT2D eigenvalue weighted by atomic mass is 10.4. The topological polar surface area (TPSA) is 46.9 Å². The molecular weight excluding hydrogens is 334 g/mol. The first-order chi connectivity index (χ1) is 8.69. The van der Waals surface area contributed by atoms with Gasteiger partial charge in [0.25, 0.3) is 0 Å². The smallest absolute Gasteiger partial charge is 0.226 e. The molecule has 0 atom stereocenters. The Hall–Kier alpha value is -0.790. The molecule has 96 valence electrons. The van der Waals surface area contributed by atoms with E-state index in [-0.39, 0.29) is 5.91 Å². The number of nitrogens with one attached hydrogen (secondary N) is 1. The summed E-state index contributed by atoms with van der Waals surface area (Å²) in [5.41, 5.74) is 0. The largest absolute Gasteiger partial charge is 0.311 e. The maximum atomic E-state index is 11.5. The van der Waals surface area contributed by atoms with Crippen molar-refractivity contribution in [2.75, 3.05) is 11.1 Å². The minimum atomic E-state index is -0.0425. The molecule has 0 aliphatic carbocycles. The second-order valence-corrected chi connectivity index (χ2v) is 6.60. The molecule has 0 spiro atoms. The van der Waals surface area contributed by atoms with Crippen LogP contribution in [0.1, 0.15) is 11.3 Å². The van der Waals surface area contributed by atoms with Crippen LogP contribution >= 0.6 is 39.9 Å². The predicted octanol–water partition coefficient (Wildman–Crippen LogP) is 3.01. The van der Waals surface area contributed by atoms with Crippen molar-refractivity contribution in [1.82, 2.24) is 9.78 Å². The normalized spacial score (nSPS) is 10.6. The summed E-state index contributed by atoms with van der Waals surface area (Å²) in [5, 5.41) is 7.03. The summed E-state index contributed by atoms with van der Waals surface area (Å²) in [6.45, 7) is 0.653. The van der Waals surface area contributed by atoms with Crippen LogP contribution in [0.2, 0.25) is 0 Å². The molecule has 7 heteroatoms. The Morgan fingerprint density at radius 3 is 3.00 bits per heavy atom. The fraction of sp³-hybridized carbons (Fsp3) is 0.273. The van der Waals surface area contributed by atoms with Crippen molar-refractivity contribution >= 4 is 51.6 Å². The fourth-order valence-corrected chi connectivity index (χ4v) is 3.12. The van der Waals surface area contributed by atoms with Crippen molar-refractivity contribution in [2.45, 2.75) is 13.0 Å². The van der Waals surface area contributed by atoms with Crippen LogP contribution < -0.4 is 5.32 Å². The molecule has 0 saturated carbocycles.